The molecule has 1 aromatic carbocycles. The van der Waals surface area contributed by atoms with E-state index in [1.807, 2.05) is 31.2 Å². The van der Waals surface area contributed by atoms with Gasteiger partial charge in [-0.25, -0.2) is 0 Å². The molecule has 1 atom stereocenters. The van der Waals surface area contributed by atoms with Gasteiger partial charge in [0, 0.05) is 18.0 Å². The van der Waals surface area contributed by atoms with E-state index in [1.165, 1.54) is 6.26 Å². The smallest absolute Gasteiger partial charge is 0.255 e. The summed E-state index contributed by atoms with van der Waals surface area (Å²) in [5, 5.41) is 3.62. The highest BCUT2D eigenvalue weighted by Crippen LogP contribution is 2.20. The van der Waals surface area contributed by atoms with Crippen molar-refractivity contribution in [2.75, 3.05) is 6.54 Å². The molecule has 1 aromatic heterocycles. The Morgan fingerprint density at radius 3 is 3.00 bits per heavy atom. The van der Waals surface area contributed by atoms with Crippen molar-refractivity contribution in [2.24, 2.45) is 5.73 Å². The van der Waals surface area contributed by atoms with Crippen molar-refractivity contribution in [3.63, 3.8) is 0 Å². The molecule has 1 heterocycles. The van der Waals surface area contributed by atoms with E-state index in [4.69, 9.17) is 10.2 Å². The van der Waals surface area contributed by atoms with Crippen LogP contribution < -0.4 is 11.1 Å². The van der Waals surface area contributed by atoms with Gasteiger partial charge in [-0.3, -0.25) is 4.79 Å². The van der Waals surface area contributed by atoms with Crippen LogP contribution in [-0.2, 0) is 0 Å². The maximum absolute atomic E-state index is 11.9. The number of para-hydroxylation sites is 1. The molecule has 1 amide bonds. The second-order valence-electron chi connectivity index (χ2n) is 3.76. The summed E-state index contributed by atoms with van der Waals surface area (Å²) in [5.74, 6) is -0.150. The highest BCUT2D eigenvalue weighted by Gasteiger charge is 2.14. The molecule has 0 aliphatic carbocycles. The predicted molar refractivity (Wildman–Crippen MR) is 62.2 cm³/mol. The van der Waals surface area contributed by atoms with E-state index in [0.29, 0.717) is 17.7 Å². The van der Waals surface area contributed by atoms with Gasteiger partial charge in [0.15, 0.2) is 0 Å². The molecule has 0 fully saturated rings. The van der Waals surface area contributed by atoms with Crippen molar-refractivity contribution in [2.45, 2.75) is 13.0 Å². The fourth-order valence-electron chi connectivity index (χ4n) is 1.51. The fourth-order valence-corrected chi connectivity index (χ4v) is 1.51. The van der Waals surface area contributed by atoms with Crippen molar-refractivity contribution in [1.82, 2.24) is 5.32 Å². The summed E-state index contributed by atoms with van der Waals surface area (Å²) in [5.41, 5.74) is 6.72. The SMILES string of the molecule is C[C@@H](CN)NC(=O)c1coc2ccccc12. The highest BCUT2D eigenvalue weighted by atomic mass is 16.3. The molecule has 0 unspecified atom stereocenters. The van der Waals surface area contributed by atoms with E-state index >= 15 is 0 Å². The number of amides is 1. The molecule has 0 aliphatic rings. The molecule has 0 radical (unpaired) electrons. The minimum Gasteiger partial charge on any atom is -0.463 e. The highest BCUT2D eigenvalue weighted by molar-refractivity contribution is 6.05. The van der Waals surface area contributed by atoms with Crippen molar-refractivity contribution < 1.29 is 9.21 Å². The number of furan rings is 1. The number of hydrogen-bond acceptors (Lipinski definition) is 3. The molecule has 0 saturated heterocycles. The molecular weight excluding hydrogens is 204 g/mol. The summed E-state index contributed by atoms with van der Waals surface area (Å²) in [4.78, 5) is 11.9. The second kappa shape index (κ2) is 4.37. The molecule has 16 heavy (non-hydrogen) atoms. The van der Waals surface area contributed by atoms with Crippen LogP contribution in [-0.4, -0.2) is 18.5 Å². The Hall–Kier alpha value is -1.81. The first-order valence-corrected chi connectivity index (χ1v) is 5.19. The summed E-state index contributed by atoms with van der Waals surface area (Å²) in [6.07, 6.45) is 1.48. The summed E-state index contributed by atoms with van der Waals surface area (Å²) in [6.45, 7) is 2.28. The van der Waals surface area contributed by atoms with Gasteiger partial charge in [0.25, 0.3) is 5.91 Å². The van der Waals surface area contributed by atoms with Crippen molar-refractivity contribution in [3.05, 3.63) is 36.1 Å². The van der Waals surface area contributed by atoms with Crippen molar-refractivity contribution >= 4 is 16.9 Å². The van der Waals surface area contributed by atoms with Crippen LogP contribution in [0, 0.1) is 0 Å². The third-order valence-corrected chi connectivity index (χ3v) is 2.46. The Labute approximate surface area is 93.4 Å². The number of nitrogens with one attached hydrogen (secondary N) is 1. The van der Waals surface area contributed by atoms with Crippen LogP contribution in [0.25, 0.3) is 11.0 Å². The molecule has 0 bridgehead atoms. The Balaban J connectivity index is 2.30. The van der Waals surface area contributed by atoms with Crippen LogP contribution in [0.3, 0.4) is 0 Å². The van der Waals surface area contributed by atoms with Crippen LogP contribution >= 0.6 is 0 Å². The number of carbonyl (C=O) groups is 1. The lowest BCUT2D eigenvalue weighted by Crippen LogP contribution is -2.37. The first-order chi connectivity index (χ1) is 7.72. The number of benzene rings is 1. The summed E-state index contributed by atoms with van der Waals surface area (Å²) < 4.78 is 5.29. The van der Waals surface area contributed by atoms with Crippen LogP contribution in [0.5, 0.6) is 0 Å². The molecule has 2 aromatic rings. The molecule has 0 saturated carbocycles. The van der Waals surface area contributed by atoms with Gasteiger partial charge in [-0.2, -0.15) is 0 Å². The van der Waals surface area contributed by atoms with E-state index in [9.17, 15) is 4.79 Å². The maximum Gasteiger partial charge on any atom is 0.255 e. The Kier molecular flexibility index (Phi) is 2.92. The Bertz CT molecular complexity index is 504. The largest absolute Gasteiger partial charge is 0.463 e. The zero-order valence-corrected chi connectivity index (χ0v) is 9.07. The topological polar surface area (TPSA) is 68.3 Å². The summed E-state index contributed by atoms with van der Waals surface area (Å²) in [7, 11) is 0. The van der Waals surface area contributed by atoms with E-state index in [1.54, 1.807) is 0 Å². The molecule has 0 spiro atoms. The van der Waals surface area contributed by atoms with Gasteiger partial charge in [0.2, 0.25) is 0 Å². The maximum atomic E-state index is 11.9. The number of nitrogens with two attached hydrogens (primary N) is 1. The number of fused-ring (bicyclic) bond motifs is 1. The standard InChI is InChI=1S/C12H14N2O2/c1-8(6-13)14-12(15)10-7-16-11-5-3-2-4-9(10)11/h2-5,7-8H,6,13H2,1H3,(H,14,15)/t8-/m0/s1. The average Bonchev–Trinajstić information content (AvgIpc) is 2.72. The van der Waals surface area contributed by atoms with Gasteiger partial charge < -0.3 is 15.5 Å². The third-order valence-electron chi connectivity index (χ3n) is 2.46. The lowest BCUT2D eigenvalue weighted by atomic mass is 10.1. The monoisotopic (exact) mass is 218 g/mol. The molecule has 4 heteroatoms. The first-order valence-electron chi connectivity index (χ1n) is 5.19. The van der Waals surface area contributed by atoms with Crippen LogP contribution in [0.1, 0.15) is 17.3 Å². The normalized spacial score (nSPS) is 12.6. The third kappa shape index (κ3) is 1.92. The van der Waals surface area contributed by atoms with Gasteiger partial charge in [0.05, 0.1) is 5.56 Å². The predicted octanol–water partition coefficient (Wildman–Crippen LogP) is 1.51. The van der Waals surface area contributed by atoms with Gasteiger partial charge in [-0.1, -0.05) is 18.2 Å². The van der Waals surface area contributed by atoms with Crippen LogP contribution in [0.4, 0.5) is 0 Å². The van der Waals surface area contributed by atoms with E-state index in [-0.39, 0.29) is 11.9 Å². The molecule has 3 N–H and O–H groups in total. The molecular formula is C12H14N2O2. The van der Waals surface area contributed by atoms with Crippen LogP contribution in [0.15, 0.2) is 34.9 Å². The lowest BCUT2D eigenvalue weighted by molar-refractivity contribution is 0.0942. The minimum atomic E-state index is -0.150. The summed E-state index contributed by atoms with van der Waals surface area (Å²) >= 11 is 0. The lowest BCUT2D eigenvalue weighted by Gasteiger charge is -2.09. The Morgan fingerprint density at radius 1 is 1.50 bits per heavy atom. The van der Waals surface area contributed by atoms with E-state index in [0.717, 1.165) is 5.39 Å². The number of hydrogen-bond donors (Lipinski definition) is 2. The van der Waals surface area contributed by atoms with Gasteiger partial charge in [0.1, 0.15) is 11.8 Å². The average molecular weight is 218 g/mol. The van der Waals surface area contributed by atoms with E-state index < -0.39 is 0 Å². The number of carbonyl (C=O) groups excluding carboxylic acids is 1. The fraction of sp³-hybridized carbons (Fsp3) is 0.250. The zero-order chi connectivity index (χ0) is 11.5. The van der Waals surface area contributed by atoms with Crippen LogP contribution in [0.2, 0.25) is 0 Å². The molecule has 2 rings (SSSR count). The summed E-state index contributed by atoms with van der Waals surface area (Å²) in [6, 6.07) is 7.40. The molecule has 4 nitrogen and oxygen atoms in total. The molecule has 84 valence electrons. The quantitative estimate of drug-likeness (QED) is 0.820. The van der Waals surface area contributed by atoms with Gasteiger partial charge in [-0.15, -0.1) is 0 Å². The molecule has 0 aliphatic heterocycles. The van der Waals surface area contributed by atoms with Gasteiger partial charge >= 0.3 is 0 Å². The first kappa shape index (κ1) is 10.7. The van der Waals surface area contributed by atoms with Gasteiger partial charge in [-0.05, 0) is 13.0 Å². The number of rotatable bonds is 3. The van der Waals surface area contributed by atoms with Crippen molar-refractivity contribution in [1.29, 1.82) is 0 Å². The zero-order valence-electron chi connectivity index (χ0n) is 9.07. The van der Waals surface area contributed by atoms with E-state index in [2.05, 4.69) is 5.32 Å². The Morgan fingerprint density at radius 2 is 2.25 bits per heavy atom. The second-order valence-corrected chi connectivity index (χ2v) is 3.76. The minimum absolute atomic E-state index is 0.0406. The van der Waals surface area contributed by atoms with Crippen molar-refractivity contribution in [3.8, 4) is 0 Å².